The number of piperidine rings is 1. The smallest absolute Gasteiger partial charge is 0.417 e. The molecule has 1 aromatic carbocycles. The van der Waals surface area contributed by atoms with E-state index in [-0.39, 0.29) is 29.5 Å². The first-order chi connectivity index (χ1) is 15.8. The molecule has 3 aromatic rings. The Morgan fingerprint density at radius 2 is 2.00 bits per heavy atom. The van der Waals surface area contributed by atoms with Crippen LogP contribution in [0.3, 0.4) is 0 Å². The topological polar surface area (TPSA) is 100 Å². The summed E-state index contributed by atoms with van der Waals surface area (Å²) in [6.07, 6.45) is 0.652. The quantitative estimate of drug-likeness (QED) is 0.562. The Morgan fingerprint density at radius 3 is 2.67 bits per heavy atom. The van der Waals surface area contributed by atoms with Crippen molar-refractivity contribution < 1.29 is 27.8 Å². The van der Waals surface area contributed by atoms with Crippen molar-refractivity contribution in [2.45, 2.75) is 25.1 Å². The monoisotopic (exact) mass is 463 g/mol. The predicted octanol–water partition coefficient (Wildman–Crippen LogP) is 3.93. The average molecular weight is 463 g/mol. The average Bonchev–Trinajstić information content (AvgIpc) is 2.79. The molecule has 0 unspecified atom stereocenters. The van der Waals surface area contributed by atoms with E-state index in [2.05, 4.69) is 32.4 Å². The number of carboxylic acid groups (broad SMARTS) is 1. The maximum Gasteiger partial charge on any atom is 0.417 e. The number of pyridine rings is 1. The number of nitrogens with one attached hydrogen (secondary N) is 1. The lowest BCUT2D eigenvalue weighted by Crippen LogP contribution is -2.40. The van der Waals surface area contributed by atoms with Crippen LogP contribution in [-0.4, -0.2) is 64.9 Å². The molecule has 1 aliphatic rings. The summed E-state index contributed by atoms with van der Waals surface area (Å²) < 4.78 is 46.2. The van der Waals surface area contributed by atoms with Gasteiger partial charge in [0.1, 0.15) is 11.4 Å². The molecule has 3 heterocycles. The molecular weight excluding hydrogens is 439 g/mol. The van der Waals surface area contributed by atoms with Gasteiger partial charge in [-0.2, -0.15) is 13.2 Å². The van der Waals surface area contributed by atoms with Crippen LogP contribution in [0.5, 0.6) is 5.75 Å². The minimum atomic E-state index is -4.56. The third-order valence-corrected chi connectivity index (χ3v) is 5.33. The highest BCUT2D eigenvalue weighted by atomic mass is 19.4. The summed E-state index contributed by atoms with van der Waals surface area (Å²) in [6.45, 7) is 1.66. The van der Waals surface area contributed by atoms with Crippen LogP contribution in [-0.2, 0) is 11.0 Å². The van der Waals surface area contributed by atoms with Crippen molar-refractivity contribution in [2.24, 2.45) is 0 Å². The zero-order valence-electron chi connectivity index (χ0n) is 18.1. The lowest BCUT2D eigenvalue weighted by Gasteiger charge is -2.30. The maximum absolute atomic E-state index is 13.7. The highest BCUT2D eigenvalue weighted by Crippen LogP contribution is 2.40. The SMILES string of the molecule is COc1ccc(-c2nnc(N[C@@H]3CCCN(C)C3)c3cnccc23)c(C(F)(F)F)c1.O=CO. The number of benzene rings is 1. The van der Waals surface area contributed by atoms with Crippen molar-refractivity contribution in [2.75, 3.05) is 32.6 Å². The second-order valence-electron chi connectivity index (χ2n) is 7.58. The number of anilines is 1. The number of nitrogens with zero attached hydrogens (tertiary/aromatic N) is 4. The number of rotatable bonds is 4. The number of fused-ring (bicyclic) bond motifs is 1. The van der Waals surface area contributed by atoms with Crippen LogP contribution < -0.4 is 10.1 Å². The Hall–Kier alpha value is -3.47. The molecule has 0 radical (unpaired) electrons. The van der Waals surface area contributed by atoms with Gasteiger partial charge in [0.15, 0.2) is 5.82 Å². The number of alkyl halides is 3. The van der Waals surface area contributed by atoms with Gasteiger partial charge >= 0.3 is 6.18 Å². The summed E-state index contributed by atoms with van der Waals surface area (Å²) in [6, 6.07) is 5.70. The molecule has 176 valence electrons. The first-order valence-electron chi connectivity index (χ1n) is 10.2. The third-order valence-electron chi connectivity index (χ3n) is 5.33. The van der Waals surface area contributed by atoms with Crippen LogP contribution in [0.2, 0.25) is 0 Å². The van der Waals surface area contributed by atoms with Crippen LogP contribution in [0.1, 0.15) is 18.4 Å². The van der Waals surface area contributed by atoms with Gasteiger partial charge in [-0.15, -0.1) is 10.2 Å². The number of ether oxygens (including phenoxy) is 1. The van der Waals surface area contributed by atoms with Gasteiger partial charge in [-0.3, -0.25) is 9.78 Å². The molecule has 1 aliphatic heterocycles. The second kappa shape index (κ2) is 10.4. The first kappa shape index (κ1) is 24.2. The number of halogens is 3. The van der Waals surface area contributed by atoms with Gasteiger partial charge in [-0.05, 0) is 50.7 Å². The summed E-state index contributed by atoms with van der Waals surface area (Å²) in [5.41, 5.74) is -0.700. The van der Waals surface area contributed by atoms with Gasteiger partial charge in [-0.1, -0.05) is 0 Å². The van der Waals surface area contributed by atoms with E-state index in [0.29, 0.717) is 16.6 Å². The Labute approximate surface area is 188 Å². The van der Waals surface area contributed by atoms with Gasteiger partial charge in [0.05, 0.1) is 12.7 Å². The van der Waals surface area contributed by atoms with Crippen LogP contribution in [0.4, 0.5) is 19.0 Å². The predicted molar refractivity (Wildman–Crippen MR) is 117 cm³/mol. The Morgan fingerprint density at radius 1 is 1.24 bits per heavy atom. The molecule has 8 nitrogen and oxygen atoms in total. The van der Waals surface area contributed by atoms with Crippen molar-refractivity contribution in [1.82, 2.24) is 20.1 Å². The summed E-state index contributed by atoms with van der Waals surface area (Å²) in [5, 5.41) is 19.9. The van der Waals surface area contributed by atoms with Crippen molar-refractivity contribution in [3.8, 4) is 17.0 Å². The standard InChI is InChI=1S/C21H22F3N5O.CH2O2/c1-29-9-3-4-13(12-29)26-20-17-11-25-8-7-15(17)19(27-28-20)16-6-5-14(30-2)10-18(16)21(22,23)24;2-1-3/h5-8,10-11,13H,3-4,9,12H2,1-2H3,(H,26,28);1H,(H,2,3)/t13-;/m1./s1. The van der Waals surface area contributed by atoms with Crippen LogP contribution in [0.15, 0.2) is 36.7 Å². The third kappa shape index (κ3) is 5.67. The number of hydrogen-bond acceptors (Lipinski definition) is 7. The highest BCUT2D eigenvalue weighted by molar-refractivity contribution is 6.00. The van der Waals surface area contributed by atoms with Crippen molar-refractivity contribution >= 4 is 23.1 Å². The van der Waals surface area contributed by atoms with Crippen LogP contribution >= 0.6 is 0 Å². The van der Waals surface area contributed by atoms with Crippen molar-refractivity contribution in [3.05, 3.63) is 42.2 Å². The molecule has 1 saturated heterocycles. The Kier molecular flexibility index (Phi) is 7.64. The van der Waals surface area contributed by atoms with Crippen molar-refractivity contribution in [1.29, 1.82) is 0 Å². The molecule has 33 heavy (non-hydrogen) atoms. The fourth-order valence-corrected chi connectivity index (χ4v) is 3.87. The number of carbonyl (C=O) groups is 1. The number of likely N-dealkylation sites (tertiary alicyclic amines) is 1. The zero-order valence-corrected chi connectivity index (χ0v) is 18.1. The van der Waals surface area contributed by atoms with E-state index in [1.807, 2.05) is 0 Å². The molecule has 2 aromatic heterocycles. The first-order valence-corrected chi connectivity index (χ1v) is 10.2. The number of likely N-dealkylation sites (N-methyl/N-ethyl adjacent to an activating group) is 1. The minimum Gasteiger partial charge on any atom is -0.497 e. The van der Waals surface area contributed by atoms with E-state index < -0.39 is 11.7 Å². The highest BCUT2D eigenvalue weighted by Gasteiger charge is 2.35. The molecule has 1 atom stereocenters. The number of methoxy groups -OCH3 is 1. The van der Waals surface area contributed by atoms with E-state index in [4.69, 9.17) is 14.6 Å². The molecular formula is C22H24F3N5O3. The second-order valence-corrected chi connectivity index (χ2v) is 7.58. The van der Waals surface area contributed by atoms with Gasteiger partial charge in [0, 0.05) is 41.3 Å². The van der Waals surface area contributed by atoms with E-state index in [9.17, 15) is 13.2 Å². The fourth-order valence-electron chi connectivity index (χ4n) is 3.87. The molecule has 0 aliphatic carbocycles. The molecule has 1 fully saturated rings. The van der Waals surface area contributed by atoms with Crippen molar-refractivity contribution in [3.63, 3.8) is 0 Å². The van der Waals surface area contributed by atoms with Gasteiger partial charge < -0.3 is 20.1 Å². The van der Waals surface area contributed by atoms with Crippen LogP contribution in [0.25, 0.3) is 22.0 Å². The fraction of sp³-hybridized carbons (Fsp3) is 0.364. The lowest BCUT2D eigenvalue weighted by molar-refractivity contribution is -0.137. The molecule has 11 heteroatoms. The number of hydrogen-bond donors (Lipinski definition) is 2. The molecule has 0 saturated carbocycles. The normalized spacial score (nSPS) is 16.6. The summed E-state index contributed by atoms with van der Waals surface area (Å²) >= 11 is 0. The van der Waals surface area contributed by atoms with Gasteiger partial charge in [0.25, 0.3) is 6.47 Å². The van der Waals surface area contributed by atoms with E-state index in [1.165, 1.54) is 19.2 Å². The summed E-state index contributed by atoms with van der Waals surface area (Å²) in [5.74, 6) is 0.661. The summed E-state index contributed by atoms with van der Waals surface area (Å²) in [4.78, 5) is 14.7. The van der Waals surface area contributed by atoms with Gasteiger partial charge in [0.2, 0.25) is 0 Å². The molecule has 0 bridgehead atoms. The summed E-state index contributed by atoms with van der Waals surface area (Å²) in [7, 11) is 3.39. The number of aromatic nitrogens is 3. The Bertz CT molecular complexity index is 1110. The minimum absolute atomic E-state index is 0.0454. The lowest BCUT2D eigenvalue weighted by atomic mass is 9.99. The Balaban J connectivity index is 0.000000968. The molecule has 2 N–H and O–H groups in total. The van der Waals surface area contributed by atoms with E-state index in [0.717, 1.165) is 32.0 Å². The molecule has 0 amide bonds. The van der Waals surface area contributed by atoms with Gasteiger partial charge in [-0.25, -0.2) is 0 Å². The van der Waals surface area contributed by atoms with Crippen LogP contribution in [0, 0.1) is 0 Å². The maximum atomic E-state index is 13.7. The van der Waals surface area contributed by atoms with E-state index in [1.54, 1.807) is 18.5 Å². The largest absolute Gasteiger partial charge is 0.497 e. The van der Waals surface area contributed by atoms with E-state index >= 15 is 0 Å². The zero-order chi connectivity index (χ0) is 24.0. The molecule has 0 spiro atoms. The molecule has 4 rings (SSSR count).